The number of aromatic nitrogens is 2. The number of hydrogen-bond donors (Lipinski definition) is 2. The highest BCUT2D eigenvalue weighted by atomic mass is 15.3. The third-order valence-electron chi connectivity index (χ3n) is 3.97. The van der Waals surface area contributed by atoms with E-state index in [1.54, 1.807) is 0 Å². The molecule has 0 saturated carbocycles. The highest BCUT2D eigenvalue weighted by molar-refractivity contribution is 5.53. The number of nitrogens with one attached hydrogen (secondary N) is 1. The van der Waals surface area contributed by atoms with Gasteiger partial charge in [-0.3, -0.25) is 4.90 Å². The molecule has 2 unspecified atom stereocenters. The van der Waals surface area contributed by atoms with Crippen LogP contribution in [0.5, 0.6) is 0 Å². The quantitative estimate of drug-likeness (QED) is 0.868. The van der Waals surface area contributed by atoms with Crippen LogP contribution in [0, 0.1) is 0 Å². The molecule has 6 heteroatoms. The van der Waals surface area contributed by atoms with Crippen LogP contribution in [0.4, 0.5) is 17.6 Å². The molecular formula is C14H26N6. The molecular weight excluding hydrogens is 252 g/mol. The maximum atomic E-state index is 5.84. The molecule has 0 spiro atoms. The van der Waals surface area contributed by atoms with Gasteiger partial charge in [0.2, 0.25) is 5.95 Å². The van der Waals surface area contributed by atoms with E-state index in [0.29, 0.717) is 18.0 Å². The fraction of sp³-hybridized carbons (Fsp3) is 0.714. The molecule has 0 radical (unpaired) electrons. The Labute approximate surface area is 121 Å². The van der Waals surface area contributed by atoms with E-state index in [4.69, 9.17) is 5.73 Å². The minimum Gasteiger partial charge on any atom is -0.370 e. The Bertz CT molecular complexity index is 437. The normalized spacial score (nSPS) is 23.9. The van der Waals surface area contributed by atoms with Crippen molar-refractivity contribution in [1.29, 1.82) is 0 Å². The number of hydrogen-bond acceptors (Lipinski definition) is 6. The minimum absolute atomic E-state index is 0.334. The summed E-state index contributed by atoms with van der Waals surface area (Å²) in [6.07, 6.45) is 1.06. The molecule has 0 bridgehead atoms. The summed E-state index contributed by atoms with van der Waals surface area (Å²) in [5, 5.41) is 3.28. The zero-order valence-electron chi connectivity index (χ0n) is 12.9. The second-order valence-corrected chi connectivity index (χ2v) is 5.66. The molecule has 1 fully saturated rings. The Morgan fingerprint density at radius 3 is 2.55 bits per heavy atom. The Morgan fingerprint density at radius 1 is 1.30 bits per heavy atom. The van der Waals surface area contributed by atoms with E-state index >= 15 is 0 Å². The van der Waals surface area contributed by atoms with Crippen LogP contribution in [-0.2, 0) is 0 Å². The van der Waals surface area contributed by atoms with Gasteiger partial charge in [-0.1, -0.05) is 6.92 Å². The summed E-state index contributed by atoms with van der Waals surface area (Å²) < 4.78 is 0. The predicted octanol–water partition coefficient (Wildman–Crippen LogP) is 1.41. The molecule has 6 nitrogen and oxygen atoms in total. The van der Waals surface area contributed by atoms with Crippen LogP contribution in [0.3, 0.4) is 0 Å². The molecule has 20 heavy (non-hydrogen) atoms. The Balaban J connectivity index is 2.17. The molecule has 1 aromatic heterocycles. The molecule has 0 aliphatic carbocycles. The van der Waals surface area contributed by atoms with Gasteiger partial charge in [-0.2, -0.15) is 9.97 Å². The molecule has 0 aromatic carbocycles. The summed E-state index contributed by atoms with van der Waals surface area (Å²) in [6, 6.07) is 3.00. The third-order valence-corrected chi connectivity index (χ3v) is 3.97. The third kappa shape index (κ3) is 3.30. The van der Waals surface area contributed by atoms with Gasteiger partial charge in [-0.15, -0.1) is 0 Å². The van der Waals surface area contributed by atoms with Crippen molar-refractivity contribution in [2.45, 2.75) is 39.3 Å². The predicted molar refractivity (Wildman–Crippen MR) is 84.1 cm³/mol. The lowest BCUT2D eigenvalue weighted by atomic mass is 10.1. The van der Waals surface area contributed by atoms with Gasteiger partial charge >= 0.3 is 0 Å². The van der Waals surface area contributed by atoms with Gasteiger partial charge < -0.3 is 16.0 Å². The lowest BCUT2D eigenvalue weighted by molar-refractivity contribution is 0.169. The monoisotopic (exact) mass is 278 g/mol. The van der Waals surface area contributed by atoms with E-state index in [9.17, 15) is 0 Å². The van der Waals surface area contributed by atoms with Gasteiger partial charge in [0.1, 0.15) is 11.6 Å². The van der Waals surface area contributed by atoms with Gasteiger partial charge in [0.15, 0.2) is 0 Å². The van der Waals surface area contributed by atoms with Crippen molar-refractivity contribution in [3.63, 3.8) is 0 Å². The van der Waals surface area contributed by atoms with E-state index in [1.807, 2.05) is 6.07 Å². The van der Waals surface area contributed by atoms with Crippen molar-refractivity contribution in [3.8, 4) is 0 Å². The average Bonchev–Trinajstić information content (AvgIpc) is 2.41. The van der Waals surface area contributed by atoms with Gasteiger partial charge in [-0.25, -0.2) is 0 Å². The SMILES string of the molecule is CCCNc1cc(N2CC(C)N(C)C(C)C2)nc(N)n1. The van der Waals surface area contributed by atoms with Crippen LogP contribution in [0.15, 0.2) is 6.07 Å². The summed E-state index contributed by atoms with van der Waals surface area (Å²) in [6.45, 7) is 9.43. The number of nitrogens with zero attached hydrogens (tertiary/aromatic N) is 4. The topological polar surface area (TPSA) is 70.3 Å². The number of anilines is 3. The van der Waals surface area contributed by atoms with Gasteiger partial charge in [-0.05, 0) is 27.3 Å². The Kier molecular flexibility index (Phi) is 4.65. The number of piperazine rings is 1. The molecule has 1 aliphatic rings. The van der Waals surface area contributed by atoms with Crippen LogP contribution in [0.2, 0.25) is 0 Å². The van der Waals surface area contributed by atoms with Crippen LogP contribution >= 0.6 is 0 Å². The first-order valence-electron chi connectivity index (χ1n) is 7.36. The zero-order valence-corrected chi connectivity index (χ0v) is 12.9. The van der Waals surface area contributed by atoms with Gasteiger partial charge in [0, 0.05) is 37.8 Å². The molecule has 112 valence electrons. The second-order valence-electron chi connectivity index (χ2n) is 5.66. The van der Waals surface area contributed by atoms with Crippen molar-refractivity contribution in [1.82, 2.24) is 14.9 Å². The van der Waals surface area contributed by atoms with E-state index in [2.05, 4.69) is 52.9 Å². The lowest BCUT2D eigenvalue weighted by Crippen LogP contribution is -2.55. The first-order chi connectivity index (χ1) is 9.51. The largest absolute Gasteiger partial charge is 0.370 e. The van der Waals surface area contributed by atoms with Crippen molar-refractivity contribution < 1.29 is 0 Å². The fourth-order valence-electron chi connectivity index (χ4n) is 2.55. The molecule has 0 amide bonds. The molecule has 1 aliphatic heterocycles. The van der Waals surface area contributed by atoms with Crippen molar-refractivity contribution >= 4 is 17.6 Å². The Morgan fingerprint density at radius 2 is 1.95 bits per heavy atom. The van der Waals surface area contributed by atoms with Crippen LogP contribution in [0.25, 0.3) is 0 Å². The molecule has 2 rings (SSSR count). The van der Waals surface area contributed by atoms with Gasteiger partial charge in [0.25, 0.3) is 0 Å². The summed E-state index contributed by atoms with van der Waals surface area (Å²) >= 11 is 0. The summed E-state index contributed by atoms with van der Waals surface area (Å²) in [7, 11) is 2.18. The molecule has 1 aromatic rings. The minimum atomic E-state index is 0.334. The highest BCUT2D eigenvalue weighted by Crippen LogP contribution is 2.22. The van der Waals surface area contributed by atoms with Crippen LogP contribution in [-0.4, -0.2) is 53.6 Å². The summed E-state index contributed by atoms with van der Waals surface area (Å²) in [5.74, 6) is 2.07. The fourth-order valence-corrected chi connectivity index (χ4v) is 2.55. The van der Waals surface area contributed by atoms with E-state index in [0.717, 1.165) is 37.7 Å². The number of nitrogen functional groups attached to an aromatic ring is 1. The van der Waals surface area contributed by atoms with Crippen LogP contribution < -0.4 is 16.0 Å². The van der Waals surface area contributed by atoms with Crippen molar-refractivity contribution in [2.75, 3.05) is 42.6 Å². The Hall–Kier alpha value is -1.56. The maximum Gasteiger partial charge on any atom is 0.223 e. The van der Waals surface area contributed by atoms with Gasteiger partial charge in [0.05, 0.1) is 0 Å². The van der Waals surface area contributed by atoms with Crippen LogP contribution in [0.1, 0.15) is 27.2 Å². The summed E-state index contributed by atoms with van der Waals surface area (Å²) in [5.41, 5.74) is 5.84. The molecule has 2 atom stereocenters. The second kappa shape index (κ2) is 6.26. The first-order valence-corrected chi connectivity index (χ1v) is 7.36. The first kappa shape index (κ1) is 14.8. The molecule has 3 N–H and O–H groups in total. The average molecular weight is 278 g/mol. The summed E-state index contributed by atoms with van der Waals surface area (Å²) in [4.78, 5) is 13.3. The number of rotatable bonds is 4. The smallest absolute Gasteiger partial charge is 0.223 e. The highest BCUT2D eigenvalue weighted by Gasteiger charge is 2.27. The number of likely N-dealkylation sites (N-methyl/N-ethyl adjacent to an activating group) is 1. The molecule has 2 heterocycles. The van der Waals surface area contributed by atoms with E-state index in [-0.39, 0.29) is 0 Å². The zero-order chi connectivity index (χ0) is 14.7. The maximum absolute atomic E-state index is 5.84. The van der Waals surface area contributed by atoms with Crippen molar-refractivity contribution in [2.24, 2.45) is 0 Å². The molecule has 1 saturated heterocycles. The number of nitrogens with two attached hydrogens (primary N) is 1. The van der Waals surface area contributed by atoms with Crippen molar-refractivity contribution in [3.05, 3.63) is 6.07 Å². The van der Waals surface area contributed by atoms with E-state index < -0.39 is 0 Å². The van der Waals surface area contributed by atoms with E-state index in [1.165, 1.54) is 0 Å². The lowest BCUT2D eigenvalue weighted by Gasteiger charge is -2.43. The standard InChI is InChI=1S/C14H26N6/c1-5-6-16-12-7-13(18-14(15)17-12)20-8-10(2)19(4)11(3)9-20/h7,10-11H,5-6,8-9H2,1-4H3,(H3,15,16,17,18).